The van der Waals surface area contributed by atoms with Crippen LogP contribution in [-0.4, -0.2) is 11.6 Å². The fourth-order valence-electron chi connectivity index (χ4n) is 2.31. The maximum Gasteiger partial charge on any atom is 0.275 e. The van der Waals surface area contributed by atoms with Crippen molar-refractivity contribution in [3.63, 3.8) is 0 Å². The zero-order valence-electron chi connectivity index (χ0n) is 13.5. The molecule has 0 bridgehead atoms. The molecule has 1 N–H and O–H groups in total. The Morgan fingerprint density at radius 2 is 1.92 bits per heavy atom. The maximum atomic E-state index is 12.9. The van der Waals surface area contributed by atoms with Crippen LogP contribution in [0.1, 0.15) is 35.7 Å². The molecule has 0 heterocycles. The van der Waals surface area contributed by atoms with Gasteiger partial charge in [-0.05, 0) is 55.5 Å². The Bertz CT molecular complexity index is 752. The van der Waals surface area contributed by atoms with E-state index in [1.54, 1.807) is 36.4 Å². The van der Waals surface area contributed by atoms with Gasteiger partial charge in [-0.15, -0.1) is 0 Å². The van der Waals surface area contributed by atoms with E-state index >= 15 is 0 Å². The van der Waals surface area contributed by atoms with E-state index in [1.807, 2.05) is 6.92 Å². The molecule has 1 aliphatic carbocycles. The van der Waals surface area contributed by atoms with Gasteiger partial charge in [-0.1, -0.05) is 24.3 Å². The first kappa shape index (κ1) is 16.2. The Labute approximate surface area is 140 Å². The topological polar surface area (TPSA) is 50.7 Å². The van der Waals surface area contributed by atoms with Gasteiger partial charge < -0.3 is 4.74 Å². The number of para-hydroxylation sites is 1. The molecule has 1 fully saturated rings. The molecule has 3 rings (SSSR count). The van der Waals surface area contributed by atoms with Crippen LogP contribution < -0.4 is 10.2 Å². The van der Waals surface area contributed by atoms with Crippen LogP contribution in [0.5, 0.6) is 5.75 Å². The number of amides is 1. The van der Waals surface area contributed by atoms with E-state index in [0.717, 1.165) is 24.1 Å². The van der Waals surface area contributed by atoms with Crippen LogP contribution in [0.25, 0.3) is 0 Å². The predicted molar refractivity (Wildman–Crippen MR) is 90.5 cm³/mol. The van der Waals surface area contributed by atoms with E-state index in [2.05, 4.69) is 10.5 Å². The van der Waals surface area contributed by atoms with Crippen molar-refractivity contribution >= 4 is 11.6 Å². The fourth-order valence-corrected chi connectivity index (χ4v) is 2.31. The molecule has 0 spiro atoms. The highest BCUT2D eigenvalue weighted by molar-refractivity contribution is 5.98. The smallest absolute Gasteiger partial charge is 0.275 e. The van der Waals surface area contributed by atoms with Gasteiger partial charge in [0.1, 0.15) is 18.2 Å². The minimum Gasteiger partial charge on any atom is -0.488 e. The Balaban J connectivity index is 1.66. The van der Waals surface area contributed by atoms with Gasteiger partial charge in [0.25, 0.3) is 5.91 Å². The number of ether oxygens (including phenoxy) is 1. The molecule has 0 unspecified atom stereocenters. The molecule has 2 aromatic carbocycles. The summed E-state index contributed by atoms with van der Waals surface area (Å²) in [6.07, 6.45) is 2.28. The second-order valence-electron chi connectivity index (χ2n) is 5.88. The number of hydrogen-bond donors (Lipinski definition) is 1. The minimum absolute atomic E-state index is 0.259. The van der Waals surface area contributed by atoms with Gasteiger partial charge in [0, 0.05) is 5.71 Å². The summed E-state index contributed by atoms with van der Waals surface area (Å²) in [4.78, 5) is 12.3. The van der Waals surface area contributed by atoms with E-state index < -0.39 is 0 Å². The summed E-state index contributed by atoms with van der Waals surface area (Å²) < 4.78 is 18.6. The molecular formula is C19H19FN2O2. The highest BCUT2D eigenvalue weighted by Gasteiger charge is 2.24. The first-order valence-electron chi connectivity index (χ1n) is 7.94. The quantitative estimate of drug-likeness (QED) is 0.646. The van der Waals surface area contributed by atoms with Gasteiger partial charge in [-0.25, -0.2) is 9.82 Å². The number of halogens is 1. The zero-order chi connectivity index (χ0) is 16.9. The van der Waals surface area contributed by atoms with Crippen molar-refractivity contribution in [3.8, 4) is 5.75 Å². The van der Waals surface area contributed by atoms with Gasteiger partial charge >= 0.3 is 0 Å². The molecule has 0 radical (unpaired) electrons. The largest absolute Gasteiger partial charge is 0.488 e. The van der Waals surface area contributed by atoms with Gasteiger partial charge in [-0.3, -0.25) is 4.79 Å². The van der Waals surface area contributed by atoms with E-state index in [1.165, 1.54) is 12.1 Å². The van der Waals surface area contributed by atoms with Crippen molar-refractivity contribution in [1.82, 2.24) is 5.43 Å². The number of nitrogens with one attached hydrogen (secondary N) is 1. The second kappa shape index (κ2) is 7.25. The Morgan fingerprint density at radius 3 is 2.62 bits per heavy atom. The summed E-state index contributed by atoms with van der Waals surface area (Å²) in [5.74, 6) is 0.390. The van der Waals surface area contributed by atoms with Crippen LogP contribution in [0.3, 0.4) is 0 Å². The lowest BCUT2D eigenvalue weighted by Gasteiger charge is -2.10. The third-order valence-corrected chi connectivity index (χ3v) is 3.94. The molecule has 0 saturated heterocycles. The maximum absolute atomic E-state index is 12.9. The zero-order valence-corrected chi connectivity index (χ0v) is 13.5. The fraction of sp³-hybridized carbons (Fsp3) is 0.263. The molecule has 0 aliphatic heterocycles. The van der Waals surface area contributed by atoms with E-state index in [-0.39, 0.29) is 18.3 Å². The average molecular weight is 326 g/mol. The van der Waals surface area contributed by atoms with Gasteiger partial charge in [0.15, 0.2) is 0 Å². The molecule has 24 heavy (non-hydrogen) atoms. The summed E-state index contributed by atoms with van der Waals surface area (Å²) >= 11 is 0. The second-order valence-corrected chi connectivity index (χ2v) is 5.88. The summed E-state index contributed by atoms with van der Waals surface area (Å²) in [6, 6.07) is 13.1. The molecule has 1 saturated carbocycles. The first-order chi connectivity index (χ1) is 11.6. The molecule has 4 nitrogen and oxygen atoms in total. The number of benzene rings is 2. The highest BCUT2D eigenvalue weighted by Crippen LogP contribution is 2.30. The van der Waals surface area contributed by atoms with Crippen molar-refractivity contribution in [2.24, 2.45) is 11.0 Å². The summed E-state index contributed by atoms with van der Waals surface area (Å²) in [5, 5.41) is 4.15. The summed E-state index contributed by atoms with van der Waals surface area (Å²) in [7, 11) is 0. The highest BCUT2D eigenvalue weighted by atomic mass is 19.1. The third-order valence-electron chi connectivity index (χ3n) is 3.94. The monoisotopic (exact) mass is 326 g/mol. The first-order valence-corrected chi connectivity index (χ1v) is 7.94. The van der Waals surface area contributed by atoms with E-state index in [4.69, 9.17) is 4.74 Å². The molecule has 1 aliphatic rings. The lowest BCUT2D eigenvalue weighted by Crippen LogP contribution is -2.20. The molecule has 0 atom stereocenters. The molecule has 5 heteroatoms. The summed E-state index contributed by atoms with van der Waals surface area (Å²) in [5.41, 5.74) is 4.79. The number of carbonyl (C=O) groups excluding carboxylic acids is 1. The number of rotatable bonds is 6. The molecule has 2 aromatic rings. The van der Waals surface area contributed by atoms with Crippen LogP contribution in [0, 0.1) is 11.7 Å². The lowest BCUT2D eigenvalue weighted by molar-refractivity contribution is 0.0950. The molecule has 0 aromatic heterocycles. The van der Waals surface area contributed by atoms with Crippen molar-refractivity contribution in [3.05, 3.63) is 65.5 Å². The third kappa shape index (κ3) is 4.19. The Hall–Kier alpha value is -2.69. The van der Waals surface area contributed by atoms with Crippen LogP contribution in [0.2, 0.25) is 0 Å². The molecule has 1 amide bonds. The van der Waals surface area contributed by atoms with Crippen molar-refractivity contribution in [2.45, 2.75) is 26.4 Å². The minimum atomic E-state index is -0.301. The summed E-state index contributed by atoms with van der Waals surface area (Å²) in [6.45, 7) is 2.18. The number of carbonyl (C=O) groups is 1. The van der Waals surface area contributed by atoms with Crippen molar-refractivity contribution < 1.29 is 13.9 Å². The Kier molecular flexibility index (Phi) is 4.89. The van der Waals surface area contributed by atoms with Crippen LogP contribution in [0.15, 0.2) is 53.6 Å². The van der Waals surface area contributed by atoms with Crippen molar-refractivity contribution in [2.75, 3.05) is 0 Å². The van der Waals surface area contributed by atoms with Crippen LogP contribution >= 0.6 is 0 Å². The van der Waals surface area contributed by atoms with E-state index in [9.17, 15) is 9.18 Å². The lowest BCUT2D eigenvalue weighted by atomic mass is 10.2. The van der Waals surface area contributed by atoms with Gasteiger partial charge in [0.05, 0.1) is 5.56 Å². The van der Waals surface area contributed by atoms with E-state index in [0.29, 0.717) is 17.2 Å². The number of nitrogens with zero attached hydrogens (tertiary/aromatic N) is 1. The van der Waals surface area contributed by atoms with Gasteiger partial charge in [0.2, 0.25) is 0 Å². The molecule has 124 valence electrons. The average Bonchev–Trinajstić information content (AvgIpc) is 3.44. The predicted octanol–water partition coefficient (Wildman–Crippen LogP) is 3.92. The van der Waals surface area contributed by atoms with Gasteiger partial charge in [-0.2, -0.15) is 5.10 Å². The van der Waals surface area contributed by atoms with Crippen LogP contribution in [0.4, 0.5) is 4.39 Å². The van der Waals surface area contributed by atoms with Crippen molar-refractivity contribution in [1.29, 1.82) is 0 Å². The molecular weight excluding hydrogens is 307 g/mol. The SMILES string of the molecule is C/C(=N\NC(=O)c1ccccc1OCc1ccc(F)cc1)C1CC1. The number of hydrazone groups is 1. The number of hydrogen-bond acceptors (Lipinski definition) is 3. The standard InChI is InChI=1S/C19H19FN2O2/c1-13(15-8-9-15)21-22-19(23)17-4-2-3-5-18(17)24-12-14-6-10-16(20)11-7-14/h2-7,10-11,15H,8-9,12H2,1H3,(H,22,23)/b21-13+. The Morgan fingerprint density at radius 1 is 1.21 bits per heavy atom. The van der Waals surface area contributed by atoms with Crippen LogP contribution in [-0.2, 0) is 6.61 Å². The normalized spacial score (nSPS) is 14.3.